The van der Waals surface area contributed by atoms with Gasteiger partial charge in [0.25, 0.3) is 0 Å². The van der Waals surface area contributed by atoms with Crippen molar-refractivity contribution in [3.05, 3.63) is 18.1 Å². The number of nitrogens with zero attached hydrogens (tertiary/aromatic N) is 2. The molecule has 3 N–H and O–H groups in total. The maximum Gasteiger partial charge on any atom is 0.233 e. The lowest BCUT2D eigenvalue weighted by Gasteiger charge is -2.06. The largest absolute Gasteiger partial charge is 0.492 e. The third-order valence-electron chi connectivity index (χ3n) is 1.75. The summed E-state index contributed by atoms with van der Waals surface area (Å²) in [5, 5.41) is 15.9. The number of thiocarbonyl (C=S) groups is 1. The second-order valence-electron chi connectivity index (χ2n) is 2.89. The maximum absolute atomic E-state index is 9.36. The lowest BCUT2D eigenvalue weighted by atomic mass is 10.5. The molecular weight excluding hydrogens is 244 g/mol. The Morgan fingerprint density at radius 3 is 2.94 bits per heavy atom. The summed E-state index contributed by atoms with van der Waals surface area (Å²) in [6.45, 7) is 0.783. The van der Waals surface area contributed by atoms with E-state index in [1.54, 1.807) is 25.0 Å². The van der Waals surface area contributed by atoms with E-state index in [2.05, 4.69) is 20.6 Å². The van der Waals surface area contributed by atoms with Gasteiger partial charge in [0.05, 0.1) is 0 Å². The van der Waals surface area contributed by atoms with Gasteiger partial charge in [-0.15, -0.1) is 0 Å². The first-order valence-electron chi connectivity index (χ1n) is 4.76. The highest BCUT2D eigenvalue weighted by molar-refractivity contribution is 7.98. The van der Waals surface area contributed by atoms with E-state index in [0.29, 0.717) is 16.6 Å². The molecule has 1 rings (SSSR count). The minimum atomic E-state index is 0.00806. The second kappa shape index (κ2) is 7.24. The summed E-state index contributed by atoms with van der Waals surface area (Å²) in [6.07, 6.45) is 3.04. The third kappa shape index (κ3) is 4.63. The van der Waals surface area contributed by atoms with Gasteiger partial charge in [0.1, 0.15) is 5.69 Å². The van der Waals surface area contributed by atoms with Gasteiger partial charge in [0.2, 0.25) is 5.88 Å². The summed E-state index contributed by atoms with van der Waals surface area (Å²) in [7, 11) is 1.78. The van der Waals surface area contributed by atoms with Crippen LogP contribution in [0.2, 0.25) is 0 Å². The molecule has 0 aromatic carbocycles. The number of thioether (sulfide) groups is 1. The molecule has 0 saturated carbocycles. The molecule has 0 aliphatic heterocycles. The molecule has 1 aromatic rings. The van der Waals surface area contributed by atoms with Crippen LogP contribution in [0.1, 0.15) is 5.69 Å². The average Bonchev–Trinajstić information content (AvgIpc) is 2.30. The van der Waals surface area contributed by atoms with Crippen LogP contribution in [-0.2, 0) is 5.75 Å². The van der Waals surface area contributed by atoms with Gasteiger partial charge in [-0.1, -0.05) is 0 Å². The number of rotatable bonds is 5. The fraction of sp³-hybridized carbons (Fsp3) is 0.444. The van der Waals surface area contributed by atoms with E-state index in [0.717, 1.165) is 12.3 Å². The van der Waals surface area contributed by atoms with Crippen molar-refractivity contribution >= 4 is 29.1 Å². The average molecular weight is 258 g/mol. The molecular formula is C9H14N4OS2. The van der Waals surface area contributed by atoms with E-state index in [4.69, 9.17) is 12.2 Å². The Hall–Kier alpha value is -1.08. The van der Waals surface area contributed by atoms with E-state index in [-0.39, 0.29) is 5.88 Å². The van der Waals surface area contributed by atoms with Crippen LogP contribution in [0, 0.1) is 0 Å². The molecule has 0 amide bonds. The van der Waals surface area contributed by atoms with Crippen LogP contribution in [0.15, 0.2) is 12.4 Å². The van der Waals surface area contributed by atoms with Crippen molar-refractivity contribution < 1.29 is 5.11 Å². The zero-order valence-electron chi connectivity index (χ0n) is 8.93. The van der Waals surface area contributed by atoms with Gasteiger partial charge >= 0.3 is 0 Å². The lowest BCUT2D eigenvalue weighted by Crippen LogP contribution is -2.33. The van der Waals surface area contributed by atoms with Crippen molar-refractivity contribution in [3.63, 3.8) is 0 Å². The van der Waals surface area contributed by atoms with Gasteiger partial charge in [-0.25, -0.2) is 4.98 Å². The Bertz CT molecular complexity index is 348. The highest BCUT2D eigenvalue weighted by atomic mass is 32.2. The van der Waals surface area contributed by atoms with Crippen LogP contribution in [0.3, 0.4) is 0 Å². The van der Waals surface area contributed by atoms with E-state index in [9.17, 15) is 5.11 Å². The van der Waals surface area contributed by atoms with Gasteiger partial charge in [-0.05, 0) is 12.2 Å². The summed E-state index contributed by atoms with van der Waals surface area (Å²) in [6, 6.07) is 0. The molecule has 7 heteroatoms. The minimum Gasteiger partial charge on any atom is -0.492 e. The number of hydrogen-bond acceptors (Lipinski definition) is 5. The topological polar surface area (TPSA) is 70.1 Å². The van der Waals surface area contributed by atoms with E-state index in [1.165, 1.54) is 6.20 Å². The van der Waals surface area contributed by atoms with Gasteiger partial charge in [0.15, 0.2) is 5.11 Å². The summed E-state index contributed by atoms with van der Waals surface area (Å²) in [5.41, 5.74) is 0.615. The normalized spacial score (nSPS) is 9.81. The highest BCUT2D eigenvalue weighted by Crippen LogP contribution is 2.15. The zero-order chi connectivity index (χ0) is 11.8. The Morgan fingerprint density at radius 2 is 2.25 bits per heavy atom. The van der Waals surface area contributed by atoms with Crippen molar-refractivity contribution in [1.82, 2.24) is 20.6 Å². The molecule has 0 spiro atoms. The molecule has 0 radical (unpaired) electrons. The summed E-state index contributed by atoms with van der Waals surface area (Å²) < 4.78 is 0. The van der Waals surface area contributed by atoms with Gasteiger partial charge in [-0.3, -0.25) is 4.98 Å². The fourth-order valence-corrected chi connectivity index (χ4v) is 1.85. The first-order valence-corrected chi connectivity index (χ1v) is 6.32. The molecule has 0 saturated heterocycles. The lowest BCUT2D eigenvalue weighted by molar-refractivity contribution is 0.444. The standard InChI is InChI=1S/C9H14N4OS2/c1-10-9(15)13-4-5-16-6-7-8(14)12-3-2-11-7/h2-3H,4-6H2,1H3,(H,12,14)(H2,10,13,15). The predicted octanol–water partition coefficient (Wildman–Crippen LogP) is 0.509. The Labute approximate surface area is 104 Å². The van der Waals surface area contributed by atoms with Crippen molar-refractivity contribution in [3.8, 4) is 5.88 Å². The Balaban J connectivity index is 2.17. The molecule has 88 valence electrons. The summed E-state index contributed by atoms with van der Waals surface area (Å²) in [4.78, 5) is 7.79. The number of hydrogen-bond donors (Lipinski definition) is 3. The second-order valence-corrected chi connectivity index (χ2v) is 4.40. The third-order valence-corrected chi connectivity index (χ3v) is 3.07. The minimum absolute atomic E-state index is 0.00806. The van der Waals surface area contributed by atoms with Crippen LogP contribution in [0.5, 0.6) is 5.88 Å². The Kier molecular flexibility index (Phi) is 5.87. The quantitative estimate of drug-likeness (QED) is 0.525. The van der Waals surface area contributed by atoms with Gasteiger partial charge < -0.3 is 15.7 Å². The Morgan fingerprint density at radius 1 is 1.50 bits per heavy atom. The first kappa shape index (κ1) is 13.0. The molecule has 0 fully saturated rings. The van der Waals surface area contributed by atoms with Gasteiger partial charge in [0, 0.05) is 37.5 Å². The monoisotopic (exact) mass is 258 g/mol. The maximum atomic E-state index is 9.36. The van der Waals surface area contributed by atoms with Gasteiger partial charge in [-0.2, -0.15) is 11.8 Å². The molecule has 0 aliphatic rings. The van der Waals surface area contributed by atoms with Crippen LogP contribution in [0.4, 0.5) is 0 Å². The van der Waals surface area contributed by atoms with Crippen LogP contribution in [-0.4, -0.2) is 39.5 Å². The molecule has 0 atom stereocenters. The first-order chi connectivity index (χ1) is 7.74. The molecule has 5 nitrogen and oxygen atoms in total. The van der Waals surface area contributed by atoms with Crippen LogP contribution < -0.4 is 10.6 Å². The van der Waals surface area contributed by atoms with Crippen molar-refractivity contribution in [2.75, 3.05) is 19.3 Å². The van der Waals surface area contributed by atoms with Crippen molar-refractivity contribution in [1.29, 1.82) is 0 Å². The number of aromatic nitrogens is 2. The highest BCUT2D eigenvalue weighted by Gasteiger charge is 2.02. The van der Waals surface area contributed by atoms with E-state index < -0.39 is 0 Å². The van der Waals surface area contributed by atoms with E-state index in [1.807, 2.05) is 0 Å². The summed E-state index contributed by atoms with van der Waals surface area (Å²) in [5.74, 6) is 1.54. The molecule has 0 unspecified atom stereocenters. The predicted molar refractivity (Wildman–Crippen MR) is 69.5 cm³/mol. The number of nitrogens with one attached hydrogen (secondary N) is 2. The van der Waals surface area contributed by atoms with Crippen LogP contribution in [0.25, 0.3) is 0 Å². The smallest absolute Gasteiger partial charge is 0.233 e. The molecule has 0 aliphatic carbocycles. The fourth-order valence-electron chi connectivity index (χ4n) is 0.955. The number of aromatic hydroxyl groups is 1. The van der Waals surface area contributed by atoms with E-state index >= 15 is 0 Å². The molecule has 16 heavy (non-hydrogen) atoms. The molecule has 1 heterocycles. The van der Waals surface area contributed by atoms with Crippen LogP contribution >= 0.6 is 24.0 Å². The molecule has 1 aromatic heterocycles. The summed E-state index contributed by atoms with van der Waals surface area (Å²) >= 11 is 6.59. The zero-order valence-corrected chi connectivity index (χ0v) is 10.6. The molecule has 0 bridgehead atoms. The van der Waals surface area contributed by atoms with Crippen molar-refractivity contribution in [2.24, 2.45) is 0 Å². The SMILES string of the molecule is CNC(=S)NCCSCc1nccnc1O. The van der Waals surface area contributed by atoms with Crippen molar-refractivity contribution in [2.45, 2.75) is 5.75 Å².